The molecule has 0 amide bonds. The Morgan fingerprint density at radius 2 is 1.11 bits per heavy atom. The molecule has 0 saturated heterocycles. The zero-order valence-corrected chi connectivity index (χ0v) is 22.4. The van der Waals surface area contributed by atoms with Crippen molar-refractivity contribution in [3.63, 3.8) is 0 Å². The molecule has 3 aromatic rings. The molecule has 2 aromatic heterocycles. The van der Waals surface area contributed by atoms with E-state index in [0.717, 1.165) is 0 Å². The largest absolute Gasteiger partial charge is 0.398 e. The first kappa shape index (κ1) is 24.6. The van der Waals surface area contributed by atoms with Crippen LogP contribution in [0.5, 0.6) is 0 Å². The minimum Gasteiger partial charge on any atom is -0.398 e. The van der Waals surface area contributed by atoms with Gasteiger partial charge in [0, 0.05) is 57.0 Å². The summed E-state index contributed by atoms with van der Waals surface area (Å²) in [7, 11) is 0. The average Bonchev–Trinajstić information content (AvgIpc) is 3.02. The zero-order valence-electron chi connectivity index (χ0n) is 18.1. The van der Waals surface area contributed by atoms with Crippen LogP contribution >= 0.6 is 0 Å². The molecule has 0 spiro atoms. The van der Waals surface area contributed by atoms with E-state index in [-0.39, 0.29) is 51.3 Å². The average molecular weight is 471 g/mol. The Morgan fingerprint density at radius 3 is 1.63 bits per heavy atom. The Hall–Kier alpha value is -0.462. The number of nitrogens with zero attached hydrogens (tertiary/aromatic N) is 1. The van der Waals surface area contributed by atoms with Crippen LogP contribution in [0.25, 0.3) is 5.52 Å². The topological polar surface area (TPSA) is 4.41 Å². The summed E-state index contributed by atoms with van der Waals surface area (Å²) in [6, 6.07) is 3.51. The molecule has 1 nitrogen and oxygen atoms in total. The van der Waals surface area contributed by atoms with Crippen LogP contribution in [-0.4, -0.2) is 4.40 Å². The van der Waals surface area contributed by atoms with E-state index in [1.54, 1.807) is 0 Å². The molecule has 3 heteroatoms. The third-order valence-electron chi connectivity index (χ3n) is 6.58. The zero-order chi connectivity index (χ0) is 18.6. The van der Waals surface area contributed by atoms with E-state index in [9.17, 15) is 0 Å². The van der Waals surface area contributed by atoms with Crippen molar-refractivity contribution >= 4 is 5.52 Å². The summed E-state index contributed by atoms with van der Waals surface area (Å²) in [5, 5.41) is 0. The van der Waals surface area contributed by atoms with Crippen molar-refractivity contribution in [2.24, 2.45) is 0 Å². The Bertz CT molecular complexity index is 983. The normalized spacial score (nSPS) is 10.6. The number of rotatable bonds is 2. The molecule has 0 aliphatic heterocycles. The van der Waals surface area contributed by atoms with Crippen LogP contribution in [0.1, 0.15) is 61.3 Å². The van der Waals surface area contributed by atoms with Gasteiger partial charge in [-0.3, -0.25) is 0 Å². The first-order valence-corrected chi connectivity index (χ1v) is 9.07. The van der Waals surface area contributed by atoms with E-state index in [0.29, 0.717) is 0 Å². The van der Waals surface area contributed by atoms with E-state index in [1.165, 1.54) is 66.8 Å². The van der Waals surface area contributed by atoms with Gasteiger partial charge >= 0.3 is 0 Å². The van der Waals surface area contributed by atoms with Crippen molar-refractivity contribution in [2.75, 3.05) is 0 Å². The number of fused-ring (bicyclic) bond motifs is 1. The molecule has 0 atom stereocenters. The Balaban J connectivity index is 0.00000182. The number of hydrogen-bond donors (Lipinski definition) is 0. The van der Waals surface area contributed by atoms with Gasteiger partial charge in [-0.25, -0.2) is 17.5 Å². The minimum atomic E-state index is 0. The summed E-state index contributed by atoms with van der Waals surface area (Å²) < 4.78 is 2.29. The second-order valence-electron chi connectivity index (χ2n) is 7.55. The standard InChI is InChI=1S/C24H29N.V.Y/c1-13-14(2)18(6)23(19(7)15(13)3)12-22-10-11-25-21(9)17(5)16(4)20(8)24(22)25;;/h11-12H,1-9H3;;/q-2;;. The predicted octanol–water partition coefficient (Wildman–Crippen LogP) is 6.11. The van der Waals surface area contributed by atoms with E-state index in [1.807, 2.05) is 0 Å². The van der Waals surface area contributed by atoms with E-state index in [2.05, 4.69) is 85.4 Å². The molecule has 2 radical (unpaired) electrons. The van der Waals surface area contributed by atoms with Crippen LogP contribution in [0, 0.1) is 74.8 Å². The third kappa shape index (κ3) is 3.86. The maximum atomic E-state index is 3.51. The van der Waals surface area contributed by atoms with Crippen LogP contribution in [-0.2, 0) is 51.3 Å². The molecular formula is C24H29NVY-2. The maximum absolute atomic E-state index is 3.51. The van der Waals surface area contributed by atoms with Crippen LogP contribution in [0.3, 0.4) is 0 Å². The molecule has 1 aromatic carbocycles. The number of aryl methyl sites for hydroxylation is 2. The fourth-order valence-electron chi connectivity index (χ4n) is 3.95. The van der Waals surface area contributed by atoms with Crippen LogP contribution in [0.2, 0.25) is 0 Å². The Labute approximate surface area is 202 Å². The van der Waals surface area contributed by atoms with E-state index >= 15 is 0 Å². The number of pyridine rings is 1. The molecule has 0 aliphatic rings. The van der Waals surface area contributed by atoms with Gasteiger partial charge in [0.25, 0.3) is 0 Å². The van der Waals surface area contributed by atoms with Gasteiger partial charge in [-0.1, -0.05) is 63.0 Å². The molecule has 2 heterocycles. The summed E-state index contributed by atoms with van der Waals surface area (Å²) in [4.78, 5) is 0. The van der Waals surface area contributed by atoms with E-state index in [4.69, 9.17) is 0 Å². The van der Waals surface area contributed by atoms with E-state index < -0.39 is 0 Å². The van der Waals surface area contributed by atoms with Gasteiger partial charge < -0.3 is 4.40 Å². The molecular weight excluding hydrogens is 442 g/mol. The monoisotopic (exact) mass is 471 g/mol. The van der Waals surface area contributed by atoms with Crippen molar-refractivity contribution in [1.29, 1.82) is 0 Å². The molecule has 140 valence electrons. The van der Waals surface area contributed by atoms with Crippen LogP contribution in [0.15, 0.2) is 6.20 Å². The molecule has 0 bridgehead atoms. The van der Waals surface area contributed by atoms with Gasteiger partial charge in [0.1, 0.15) is 0 Å². The fourth-order valence-corrected chi connectivity index (χ4v) is 3.95. The summed E-state index contributed by atoms with van der Waals surface area (Å²) in [6.45, 7) is 20.0. The van der Waals surface area contributed by atoms with Crippen molar-refractivity contribution in [3.8, 4) is 0 Å². The summed E-state index contributed by atoms with van der Waals surface area (Å²) >= 11 is 0. The second kappa shape index (κ2) is 8.91. The molecule has 0 fully saturated rings. The Morgan fingerprint density at radius 1 is 0.667 bits per heavy atom. The van der Waals surface area contributed by atoms with Gasteiger partial charge in [-0.05, 0) is 33.3 Å². The van der Waals surface area contributed by atoms with Gasteiger partial charge in [0.15, 0.2) is 0 Å². The van der Waals surface area contributed by atoms with Crippen LogP contribution < -0.4 is 0 Å². The second-order valence-corrected chi connectivity index (χ2v) is 7.55. The molecule has 27 heavy (non-hydrogen) atoms. The summed E-state index contributed by atoms with van der Waals surface area (Å²) in [6.07, 6.45) is 4.43. The molecule has 0 aliphatic carbocycles. The van der Waals surface area contributed by atoms with Crippen molar-refractivity contribution < 1.29 is 51.3 Å². The third-order valence-corrected chi connectivity index (χ3v) is 6.58. The van der Waals surface area contributed by atoms with Crippen molar-refractivity contribution in [1.82, 2.24) is 4.40 Å². The molecule has 0 saturated carbocycles. The van der Waals surface area contributed by atoms with Gasteiger partial charge in [0.2, 0.25) is 0 Å². The Kier molecular flexibility index (Phi) is 8.11. The van der Waals surface area contributed by atoms with Gasteiger partial charge in [0.05, 0.1) is 0 Å². The summed E-state index contributed by atoms with van der Waals surface area (Å²) in [5.74, 6) is 0. The number of benzene rings is 1. The van der Waals surface area contributed by atoms with Gasteiger partial charge in [-0.2, -0.15) is 17.2 Å². The smallest absolute Gasteiger partial charge is 0.00761 e. The van der Waals surface area contributed by atoms with Crippen molar-refractivity contribution in [2.45, 2.75) is 62.3 Å². The predicted molar refractivity (Wildman–Crippen MR) is 108 cm³/mol. The fraction of sp³-hybridized carbons (Fsp3) is 0.375. The van der Waals surface area contributed by atoms with Crippen molar-refractivity contribution in [3.05, 3.63) is 80.0 Å². The minimum absolute atomic E-state index is 0. The van der Waals surface area contributed by atoms with Crippen LogP contribution in [0.4, 0.5) is 0 Å². The molecule has 0 unspecified atom stereocenters. The first-order valence-electron chi connectivity index (χ1n) is 9.07. The number of hydrogen-bond acceptors (Lipinski definition) is 0. The maximum Gasteiger partial charge on any atom is 0.00761 e. The van der Waals surface area contributed by atoms with Gasteiger partial charge in [-0.15, -0.1) is 11.1 Å². The number of aromatic nitrogens is 1. The quantitative estimate of drug-likeness (QED) is 0.398. The molecule has 0 N–H and O–H groups in total. The summed E-state index contributed by atoms with van der Waals surface area (Å²) in [5.41, 5.74) is 16.2. The molecule has 3 rings (SSSR count). The SMILES string of the molecule is Cc1c(C)c(C)c([CH-]c2[c-]cn3c(C)c(C)c(C)c(C)c23)c(C)c1C.[V].[Y]. The first-order chi connectivity index (χ1) is 11.7.